The third kappa shape index (κ3) is 3.10. The lowest BCUT2D eigenvalue weighted by Gasteiger charge is -2.57. The molecule has 4 bridgehead atoms. The number of nitriles is 1. The number of rotatable bonds is 3. The average Bonchev–Trinajstić information content (AvgIpc) is 3.12. The first-order valence-corrected chi connectivity index (χ1v) is 10.3. The largest absolute Gasteiger partial charge is 0.446 e. The average molecular weight is 382 g/mol. The fourth-order valence-corrected chi connectivity index (χ4v) is 6.17. The molecule has 0 aromatic carbocycles. The molecule has 5 aliphatic rings. The second-order valence-corrected chi connectivity index (χ2v) is 9.13. The maximum atomic E-state index is 12.8. The van der Waals surface area contributed by atoms with Gasteiger partial charge in [0.25, 0.3) is 0 Å². The van der Waals surface area contributed by atoms with E-state index in [1.165, 1.54) is 0 Å². The van der Waals surface area contributed by atoms with Crippen LogP contribution in [0.25, 0.3) is 0 Å². The Hall–Kier alpha value is -2.33. The molecule has 148 valence electrons. The third-order valence-electron chi connectivity index (χ3n) is 7.11. The van der Waals surface area contributed by atoms with Crippen LogP contribution in [0.15, 0.2) is 18.3 Å². The molecule has 2 N–H and O–H groups in total. The molecule has 5 fully saturated rings. The summed E-state index contributed by atoms with van der Waals surface area (Å²) in [5, 5.41) is 23.2. The molecule has 1 aliphatic heterocycles. The van der Waals surface area contributed by atoms with Gasteiger partial charge in [-0.3, -0.25) is 0 Å². The van der Waals surface area contributed by atoms with Crippen molar-refractivity contribution >= 4 is 11.9 Å². The lowest BCUT2D eigenvalue weighted by Crippen LogP contribution is -2.58. The molecule has 1 saturated heterocycles. The van der Waals surface area contributed by atoms with Gasteiger partial charge in [-0.05, 0) is 68.4 Å². The molecule has 2 heterocycles. The van der Waals surface area contributed by atoms with E-state index >= 15 is 0 Å². The summed E-state index contributed by atoms with van der Waals surface area (Å²) in [5.74, 6) is 1.79. The first-order valence-electron chi connectivity index (χ1n) is 10.3. The number of nitrogens with zero attached hydrogens (tertiary/aromatic N) is 3. The van der Waals surface area contributed by atoms with E-state index in [1.807, 2.05) is 0 Å². The van der Waals surface area contributed by atoms with Crippen molar-refractivity contribution in [3.63, 3.8) is 0 Å². The van der Waals surface area contributed by atoms with Crippen LogP contribution in [-0.2, 0) is 4.74 Å². The summed E-state index contributed by atoms with van der Waals surface area (Å²) in [6.45, 7) is 1.19. The summed E-state index contributed by atoms with van der Waals surface area (Å²) >= 11 is 0. The van der Waals surface area contributed by atoms with Crippen molar-refractivity contribution in [2.24, 2.45) is 17.8 Å². The highest BCUT2D eigenvalue weighted by atomic mass is 16.6. The molecule has 4 saturated carbocycles. The van der Waals surface area contributed by atoms with Gasteiger partial charge in [-0.25, -0.2) is 9.78 Å². The van der Waals surface area contributed by atoms with Crippen molar-refractivity contribution in [2.75, 3.05) is 18.4 Å². The molecule has 6 atom stereocenters. The minimum atomic E-state index is -0.511. The fourth-order valence-electron chi connectivity index (χ4n) is 6.17. The van der Waals surface area contributed by atoms with E-state index in [4.69, 9.17) is 4.74 Å². The monoisotopic (exact) mass is 382 g/mol. The predicted molar refractivity (Wildman–Crippen MR) is 101 cm³/mol. The van der Waals surface area contributed by atoms with E-state index in [0.717, 1.165) is 38.5 Å². The molecule has 6 rings (SSSR count). The second kappa shape index (κ2) is 6.63. The van der Waals surface area contributed by atoms with Gasteiger partial charge in [0.2, 0.25) is 0 Å². The second-order valence-electron chi connectivity index (χ2n) is 9.13. The van der Waals surface area contributed by atoms with Crippen LogP contribution in [0.5, 0.6) is 0 Å². The number of pyridine rings is 1. The number of amides is 1. The van der Waals surface area contributed by atoms with Crippen molar-refractivity contribution in [3.8, 4) is 6.07 Å². The molecule has 5 unspecified atom stereocenters. The minimum absolute atomic E-state index is 0.0442. The molecule has 0 radical (unpaired) electrons. The third-order valence-corrected chi connectivity index (χ3v) is 7.11. The molecule has 7 nitrogen and oxygen atoms in total. The van der Waals surface area contributed by atoms with Crippen LogP contribution in [0.1, 0.15) is 44.1 Å². The van der Waals surface area contributed by atoms with Crippen molar-refractivity contribution in [1.82, 2.24) is 9.88 Å². The lowest BCUT2D eigenvalue weighted by atomic mass is 9.53. The van der Waals surface area contributed by atoms with Crippen LogP contribution in [0.3, 0.4) is 0 Å². The van der Waals surface area contributed by atoms with E-state index in [1.54, 1.807) is 23.2 Å². The number of likely N-dealkylation sites (tertiary alicyclic amines) is 1. The van der Waals surface area contributed by atoms with E-state index in [-0.39, 0.29) is 18.2 Å². The molecule has 0 spiro atoms. The van der Waals surface area contributed by atoms with Gasteiger partial charge in [-0.2, -0.15) is 5.26 Å². The Morgan fingerprint density at radius 3 is 2.86 bits per heavy atom. The highest BCUT2D eigenvalue weighted by molar-refractivity contribution is 5.68. The predicted octanol–water partition coefficient (Wildman–Crippen LogP) is 2.52. The van der Waals surface area contributed by atoms with Crippen LogP contribution < -0.4 is 5.32 Å². The van der Waals surface area contributed by atoms with Crippen molar-refractivity contribution in [3.05, 3.63) is 23.9 Å². The molecule has 4 aliphatic carbocycles. The standard InChI is InChI=1S/C21H26N4O3/c22-11-14-2-1-4-23-19(14)24-17-3-5-25(12-17)20(26)28-18-15-6-13-7-16(18)10-21(27,8-13)9-15/h1-2,4,13,15-18,27H,3,5-10,12H2,(H,23,24)/t13?,15-,16?,17?,18?,21?/m1/s1. The minimum Gasteiger partial charge on any atom is -0.446 e. The Kier molecular flexibility index (Phi) is 4.20. The number of nitrogens with one attached hydrogen (secondary N) is 1. The molecular weight excluding hydrogens is 356 g/mol. The lowest BCUT2D eigenvalue weighted by molar-refractivity contribution is -0.177. The number of anilines is 1. The maximum absolute atomic E-state index is 12.8. The van der Waals surface area contributed by atoms with Crippen LogP contribution in [0, 0.1) is 29.1 Å². The Morgan fingerprint density at radius 1 is 1.36 bits per heavy atom. The van der Waals surface area contributed by atoms with Crippen LogP contribution >= 0.6 is 0 Å². The van der Waals surface area contributed by atoms with Crippen LogP contribution in [-0.4, -0.2) is 51.9 Å². The first kappa shape index (κ1) is 17.7. The van der Waals surface area contributed by atoms with Crippen LogP contribution in [0.2, 0.25) is 0 Å². The van der Waals surface area contributed by atoms with E-state index < -0.39 is 5.60 Å². The Labute approximate surface area is 164 Å². The molecule has 7 heteroatoms. The Morgan fingerprint density at radius 2 is 2.14 bits per heavy atom. The van der Waals surface area contributed by atoms with Gasteiger partial charge < -0.3 is 20.1 Å². The van der Waals surface area contributed by atoms with Gasteiger partial charge >= 0.3 is 6.09 Å². The number of carbonyl (C=O) groups excluding carboxylic acids is 1. The fraction of sp³-hybridized carbons (Fsp3) is 0.667. The molecule has 28 heavy (non-hydrogen) atoms. The SMILES string of the molecule is N#Cc1cccnc1NC1CCN(C(=O)OC2C3CC4C[C@@H]2CC(O)(C4)C3)C1. The van der Waals surface area contributed by atoms with Gasteiger partial charge in [0, 0.05) is 25.3 Å². The van der Waals surface area contributed by atoms with Gasteiger partial charge in [0.05, 0.1) is 11.2 Å². The highest BCUT2D eigenvalue weighted by Crippen LogP contribution is 2.56. The quantitative estimate of drug-likeness (QED) is 0.833. The van der Waals surface area contributed by atoms with Crippen molar-refractivity contribution < 1.29 is 14.6 Å². The number of aliphatic hydroxyl groups is 1. The summed E-state index contributed by atoms with van der Waals surface area (Å²) in [6, 6.07) is 5.68. The number of carbonyl (C=O) groups is 1. The summed E-state index contributed by atoms with van der Waals surface area (Å²) in [5.41, 5.74) is -0.00140. The highest BCUT2D eigenvalue weighted by Gasteiger charge is 2.56. The normalized spacial score (nSPS) is 38.3. The van der Waals surface area contributed by atoms with E-state index in [0.29, 0.717) is 42.2 Å². The molecule has 1 aromatic rings. The number of hydrogen-bond acceptors (Lipinski definition) is 6. The zero-order chi connectivity index (χ0) is 19.3. The number of hydrogen-bond donors (Lipinski definition) is 2. The topological polar surface area (TPSA) is 98.5 Å². The molecule has 1 aromatic heterocycles. The molecule has 1 amide bonds. The van der Waals surface area contributed by atoms with Gasteiger partial charge in [-0.1, -0.05) is 0 Å². The first-order chi connectivity index (χ1) is 13.5. The summed E-state index contributed by atoms with van der Waals surface area (Å²) in [7, 11) is 0. The summed E-state index contributed by atoms with van der Waals surface area (Å²) in [6.07, 6.45) is 6.82. The smallest absolute Gasteiger partial charge is 0.410 e. The zero-order valence-corrected chi connectivity index (χ0v) is 15.9. The van der Waals surface area contributed by atoms with Gasteiger partial charge in [-0.15, -0.1) is 0 Å². The zero-order valence-electron chi connectivity index (χ0n) is 15.9. The van der Waals surface area contributed by atoms with Gasteiger partial charge in [0.1, 0.15) is 18.0 Å². The van der Waals surface area contributed by atoms with Gasteiger partial charge in [0.15, 0.2) is 0 Å². The van der Waals surface area contributed by atoms with Crippen molar-refractivity contribution in [2.45, 2.75) is 56.3 Å². The van der Waals surface area contributed by atoms with E-state index in [9.17, 15) is 15.2 Å². The molecular formula is C21H26N4O3. The Balaban J connectivity index is 1.19. The van der Waals surface area contributed by atoms with Crippen LogP contribution in [0.4, 0.5) is 10.6 Å². The maximum Gasteiger partial charge on any atom is 0.410 e. The van der Waals surface area contributed by atoms with Crippen molar-refractivity contribution in [1.29, 1.82) is 5.26 Å². The Bertz CT molecular complexity index is 806. The number of aromatic nitrogens is 1. The summed E-state index contributed by atoms with van der Waals surface area (Å²) < 4.78 is 5.98. The number of ether oxygens (including phenoxy) is 1. The van der Waals surface area contributed by atoms with E-state index in [2.05, 4.69) is 16.4 Å². The summed E-state index contributed by atoms with van der Waals surface area (Å²) in [4.78, 5) is 18.8.